The monoisotopic (exact) mass is 328 g/mol. The predicted octanol–water partition coefficient (Wildman–Crippen LogP) is 1.28. The van der Waals surface area contributed by atoms with Crippen molar-refractivity contribution in [2.75, 3.05) is 19.6 Å². The molecule has 6 nitrogen and oxygen atoms in total. The van der Waals surface area contributed by atoms with Gasteiger partial charge in [0.25, 0.3) is 0 Å². The zero-order valence-corrected chi connectivity index (χ0v) is 14.5. The Morgan fingerprint density at radius 2 is 1.83 bits per heavy atom. The van der Waals surface area contributed by atoms with E-state index in [1.807, 2.05) is 0 Å². The predicted molar refractivity (Wildman–Crippen MR) is 90.5 cm³/mol. The Hall–Kier alpha value is -0.715. The molecular formula is C16H33BN2O4. The Morgan fingerprint density at radius 1 is 1.22 bits per heavy atom. The molecule has 0 spiro atoms. The van der Waals surface area contributed by atoms with Gasteiger partial charge in [0.05, 0.1) is 0 Å². The topological polar surface area (TPSA) is 104 Å². The Bertz CT molecular complexity index is 304. The molecule has 0 aliphatic carbocycles. The van der Waals surface area contributed by atoms with Crippen LogP contribution in [0.25, 0.3) is 0 Å². The molecule has 0 aromatic carbocycles. The molecule has 0 aromatic heterocycles. The number of nitrogens with zero attached hydrogens (tertiary/aromatic N) is 1. The lowest BCUT2D eigenvalue weighted by molar-refractivity contribution is -0.191. The molecule has 0 amide bonds. The maximum absolute atomic E-state index is 8.77. The number of hydrogen-bond donors (Lipinski definition) is 3. The minimum absolute atomic E-state index is 0.250. The maximum atomic E-state index is 8.77. The van der Waals surface area contributed by atoms with Crippen molar-refractivity contribution in [3.05, 3.63) is 0 Å². The molecule has 1 rings (SSSR count). The lowest BCUT2D eigenvalue weighted by Crippen LogP contribution is -2.36. The molecule has 1 unspecified atom stereocenters. The minimum atomic E-state index is -1.16. The summed E-state index contributed by atoms with van der Waals surface area (Å²) in [5.74, 6) is 0.954. The van der Waals surface area contributed by atoms with E-state index in [1.165, 1.54) is 38.8 Å². The first-order chi connectivity index (χ1) is 11.0. The van der Waals surface area contributed by atoms with Crippen LogP contribution < -0.4 is 5.73 Å². The van der Waals surface area contributed by atoms with Crippen molar-refractivity contribution < 1.29 is 19.6 Å². The van der Waals surface area contributed by atoms with Gasteiger partial charge < -0.3 is 20.7 Å². The molecule has 0 radical (unpaired) electrons. The summed E-state index contributed by atoms with van der Waals surface area (Å²) in [6.45, 7) is 5.89. The van der Waals surface area contributed by atoms with Gasteiger partial charge in [-0.25, -0.2) is 0 Å². The summed E-state index contributed by atoms with van der Waals surface area (Å²) in [6, 6.07) is 0.263. The lowest BCUT2D eigenvalue weighted by atomic mass is 9.83. The summed E-state index contributed by atoms with van der Waals surface area (Å²) in [7, 11) is -1.16. The van der Waals surface area contributed by atoms with Crippen molar-refractivity contribution in [2.45, 2.75) is 70.7 Å². The number of carbonyl (C=O) groups excluding carboxylic acids is 2. The molecule has 7 heteroatoms. The van der Waals surface area contributed by atoms with Crippen LogP contribution in [0.15, 0.2) is 0 Å². The van der Waals surface area contributed by atoms with Crippen LogP contribution in [-0.2, 0) is 9.59 Å². The van der Waals surface area contributed by atoms with Crippen LogP contribution in [0.5, 0.6) is 0 Å². The third-order valence-corrected chi connectivity index (χ3v) is 4.51. The maximum Gasteiger partial charge on any atom is 0.451 e. The first kappa shape index (κ1) is 22.3. The molecule has 1 fully saturated rings. The van der Waals surface area contributed by atoms with Crippen molar-refractivity contribution in [1.82, 2.24) is 4.90 Å². The van der Waals surface area contributed by atoms with E-state index in [4.69, 9.17) is 25.4 Å². The van der Waals surface area contributed by atoms with Crippen molar-refractivity contribution in [2.24, 2.45) is 11.7 Å². The quantitative estimate of drug-likeness (QED) is 0.412. The zero-order valence-electron chi connectivity index (χ0n) is 14.5. The van der Waals surface area contributed by atoms with Gasteiger partial charge in [-0.3, -0.25) is 0 Å². The van der Waals surface area contributed by atoms with Gasteiger partial charge in [0.15, 0.2) is 0 Å². The smallest absolute Gasteiger partial charge is 0.427 e. The van der Waals surface area contributed by atoms with E-state index in [-0.39, 0.29) is 12.2 Å². The molecule has 0 bridgehead atoms. The zero-order chi connectivity index (χ0) is 17.5. The molecule has 4 N–H and O–H groups in total. The average Bonchev–Trinajstić information content (AvgIpc) is 2.52. The Labute approximate surface area is 140 Å². The number of hydrogen-bond acceptors (Lipinski definition) is 6. The first-order valence-electron chi connectivity index (χ1n) is 8.86. The van der Waals surface area contributed by atoms with Gasteiger partial charge in [-0.1, -0.05) is 32.6 Å². The summed E-state index contributed by atoms with van der Waals surface area (Å²) >= 11 is 0. The summed E-state index contributed by atoms with van der Waals surface area (Å²) in [4.78, 5) is 18.8. The number of likely N-dealkylation sites (tertiary alicyclic amines) is 1. The fraction of sp³-hybridized carbons (Fsp3) is 0.938. The molecule has 1 saturated heterocycles. The van der Waals surface area contributed by atoms with E-state index < -0.39 is 7.12 Å². The van der Waals surface area contributed by atoms with Gasteiger partial charge in [-0.2, -0.15) is 9.59 Å². The molecule has 0 aromatic rings. The fourth-order valence-electron chi connectivity index (χ4n) is 3.13. The van der Waals surface area contributed by atoms with Gasteiger partial charge in [0.1, 0.15) is 0 Å². The first-order valence-corrected chi connectivity index (χ1v) is 8.86. The summed E-state index contributed by atoms with van der Waals surface area (Å²) in [5.41, 5.74) is 6.13. The Morgan fingerprint density at radius 3 is 2.35 bits per heavy atom. The van der Waals surface area contributed by atoms with Gasteiger partial charge in [0, 0.05) is 6.04 Å². The summed E-state index contributed by atoms with van der Waals surface area (Å²) in [5, 5.41) is 17.5. The van der Waals surface area contributed by atoms with Gasteiger partial charge in [-0.05, 0) is 57.6 Å². The molecule has 1 atom stereocenters. The highest BCUT2D eigenvalue weighted by atomic mass is 16.4. The molecule has 1 aliphatic rings. The molecule has 134 valence electrons. The largest absolute Gasteiger partial charge is 0.451 e. The van der Waals surface area contributed by atoms with Gasteiger partial charge >= 0.3 is 13.3 Å². The number of piperidine rings is 1. The summed E-state index contributed by atoms with van der Waals surface area (Å²) in [6.07, 6.45) is 10.1. The number of nitrogens with two attached hydrogens (primary N) is 1. The van der Waals surface area contributed by atoms with E-state index in [2.05, 4.69) is 11.8 Å². The van der Waals surface area contributed by atoms with E-state index >= 15 is 0 Å². The lowest BCUT2D eigenvalue weighted by Gasteiger charge is -2.32. The molecule has 1 aliphatic heterocycles. The van der Waals surface area contributed by atoms with Crippen LogP contribution >= 0.6 is 0 Å². The average molecular weight is 328 g/mol. The second-order valence-corrected chi connectivity index (χ2v) is 6.47. The van der Waals surface area contributed by atoms with Crippen molar-refractivity contribution >= 4 is 13.3 Å². The Balaban J connectivity index is 0.00000149. The van der Waals surface area contributed by atoms with Crippen LogP contribution in [-0.4, -0.2) is 53.9 Å². The SMILES string of the molecule is CCCC1CCN(CCC(N)CCCCB(O)O)CC1.O=C=O. The highest BCUT2D eigenvalue weighted by Crippen LogP contribution is 2.21. The molecule has 23 heavy (non-hydrogen) atoms. The highest BCUT2D eigenvalue weighted by Gasteiger charge is 2.18. The normalized spacial score (nSPS) is 17.0. The van der Waals surface area contributed by atoms with Crippen LogP contribution in [0.2, 0.25) is 6.32 Å². The second-order valence-electron chi connectivity index (χ2n) is 6.47. The van der Waals surface area contributed by atoms with Crippen LogP contribution in [0.3, 0.4) is 0 Å². The van der Waals surface area contributed by atoms with E-state index in [9.17, 15) is 0 Å². The Kier molecular flexibility index (Phi) is 14.4. The standard InChI is InChI=1S/C15H33BN2O2.CO2/c1-2-5-14-7-11-18(12-8-14)13-9-15(17)6-3-4-10-16(19)20;2-1-3/h14-15,19-20H,2-13,17H2,1H3;. The van der Waals surface area contributed by atoms with Gasteiger partial charge in [0.2, 0.25) is 0 Å². The van der Waals surface area contributed by atoms with E-state index in [0.717, 1.165) is 38.1 Å². The molecular weight excluding hydrogens is 295 g/mol. The third kappa shape index (κ3) is 13.4. The van der Waals surface area contributed by atoms with Gasteiger partial charge in [-0.15, -0.1) is 0 Å². The summed E-state index contributed by atoms with van der Waals surface area (Å²) < 4.78 is 0. The van der Waals surface area contributed by atoms with Crippen molar-refractivity contribution in [1.29, 1.82) is 0 Å². The van der Waals surface area contributed by atoms with Crippen LogP contribution in [0.1, 0.15) is 58.3 Å². The number of rotatable bonds is 10. The van der Waals surface area contributed by atoms with Crippen molar-refractivity contribution in [3.8, 4) is 0 Å². The number of unbranched alkanes of at least 4 members (excludes halogenated alkanes) is 1. The highest BCUT2D eigenvalue weighted by molar-refractivity contribution is 6.40. The second kappa shape index (κ2) is 14.9. The van der Waals surface area contributed by atoms with E-state index in [1.54, 1.807) is 0 Å². The third-order valence-electron chi connectivity index (χ3n) is 4.51. The van der Waals surface area contributed by atoms with E-state index in [0.29, 0.717) is 6.32 Å². The minimum Gasteiger partial charge on any atom is -0.427 e. The van der Waals surface area contributed by atoms with Crippen LogP contribution in [0.4, 0.5) is 0 Å². The molecule has 0 saturated carbocycles. The fourth-order valence-corrected chi connectivity index (χ4v) is 3.13. The van der Waals surface area contributed by atoms with Crippen molar-refractivity contribution in [3.63, 3.8) is 0 Å². The molecule has 1 heterocycles. The van der Waals surface area contributed by atoms with Crippen LogP contribution in [0, 0.1) is 5.92 Å².